The van der Waals surface area contributed by atoms with Gasteiger partial charge in [-0.1, -0.05) is 51.3 Å². The molecule has 1 saturated heterocycles. The molecular formula is C33H47NO2. The first-order chi connectivity index (χ1) is 17.6. The molecule has 196 valence electrons. The van der Waals surface area contributed by atoms with Crippen molar-refractivity contribution in [3.63, 3.8) is 0 Å². The van der Waals surface area contributed by atoms with Crippen LogP contribution >= 0.6 is 0 Å². The number of ether oxygens (including phenoxy) is 1. The first kappa shape index (κ1) is 25.8. The molecule has 4 aliphatic carbocycles. The lowest BCUT2D eigenvalue weighted by Gasteiger charge is -2.51. The lowest BCUT2D eigenvalue weighted by molar-refractivity contribution is -0.114. The van der Waals surface area contributed by atoms with Crippen LogP contribution in [0.4, 0.5) is 0 Å². The summed E-state index contributed by atoms with van der Waals surface area (Å²) in [6, 6.07) is 9.10. The van der Waals surface area contributed by atoms with E-state index in [1.165, 1.54) is 75.6 Å². The molecule has 3 nitrogen and oxygen atoms in total. The number of hydrogen-bond donors (Lipinski definition) is 0. The van der Waals surface area contributed by atoms with Gasteiger partial charge < -0.3 is 4.74 Å². The lowest BCUT2D eigenvalue weighted by atomic mass is 9.53. The number of benzene rings is 1. The van der Waals surface area contributed by atoms with Crippen LogP contribution in [0.15, 0.2) is 47.1 Å². The summed E-state index contributed by atoms with van der Waals surface area (Å²) in [5, 5.41) is 0. The fourth-order valence-electron chi connectivity index (χ4n) is 8.24. The highest BCUT2D eigenvalue weighted by molar-refractivity contribution is 5.93. The number of likely N-dealkylation sites (tertiary alicyclic amines) is 1. The Kier molecular flexibility index (Phi) is 8.05. The van der Waals surface area contributed by atoms with Crippen LogP contribution in [0.2, 0.25) is 0 Å². The van der Waals surface area contributed by atoms with Crippen molar-refractivity contribution in [3.05, 3.63) is 52.6 Å². The van der Waals surface area contributed by atoms with Crippen LogP contribution in [0.3, 0.4) is 0 Å². The van der Waals surface area contributed by atoms with Gasteiger partial charge in [0.2, 0.25) is 0 Å². The van der Waals surface area contributed by atoms with Crippen molar-refractivity contribution in [1.82, 2.24) is 4.90 Å². The molecule has 0 N–H and O–H groups in total. The van der Waals surface area contributed by atoms with Crippen LogP contribution in [-0.2, 0) is 4.79 Å². The maximum Gasteiger partial charge on any atom is 0.156 e. The monoisotopic (exact) mass is 489 g/mol. The molecule has 3 heteroatoms. The van der Waals surface area contributed by atoms with Crippen molar-refractivity contribution in [2.24, 2.45) is 17.3 Å². The van der Waals surface area contributed by atoms with Crippen molar-refractivity contribution in [2.45, 2.75) is 97.3 Å². The molecule has 0 amide bonds. The van der Waals surface area contributed by atoms with Crippen LogP contribution in [0.25, 0.3) is 0 Å². The van der Waals surface area contributed by atoms with Crippen molar-refractivity contribution < 1.29 is 9.53 Å². The predicted molar refractivity (Wildman–Crippen MR) is 148 cm³/mol. The summed E-state index contributed by atoms with van der Waals surface area (Å²) >= 11 is 0. The van der Waals surface area contributed by atoms with Crippen molar-refractivity contribution >= 4 is 5.78 Å². The molecule has 4 unspecified atom stereocenters. The minimum Gasteiger partial charge on any atom is -0.492 e. The van der Waals surface area contributed by atoms with E-state index < -0.39 is 0 Å². The van der Waals surface area contributed by atoms with Gasteiger partial charge in [-0.25, -0.2) is 0 Å². The topological polar surface area (TPSA) is 29.5 Å². The second-order valence-corrected chi connectivity index (χ2v) is 11.9. The summed E-state index contributed by atoms with van der Waals surface area (Å²) in [7, 11) is 0. The zero-order valence-electron chi connectivity index (χ0n) is 23.0. The second-order valence-electron chi connectivity index (χ2n) is 11.9. The average molecular weight is 490 g/mol. The molecule has 1 aromatic carbocycles. The third-order valence-corrected chi connectivity index (χ3v) is 9.91. The Bertz CT molecular complexity index is 983. The maximum absolute atomic E-state index is 12.2. The Balaban J connectivity index is 0.00000130. The molecule has 0 spiro atoms. The molecule has 5 aliphatic rings. The number of ketones is 1. The molecule has 0 bridgehead atoms. The Hall–Kier alpha value is -1.87. The van der Waals surface area contributed by atoms with Gasteiger partial charge in [0.05, 0.1) is 0 Å². The van der Waals surface area contributed by atoms with Gasteiger partial charge in [-0.05, 0) is 117 Å². The zero-order valence-corrected chi connectivity index (χ0v) is 23.0. The van der Waals surface area contributed by atoms with Gasteiger partial charge in [-0.2, -0.15) is 0 Å². The van der Waals surface area contributed by atoms with Gasteiger partial charge in [-0.15, -0.1) is 0 Å². The van der Waals surface area contributed by atoms with E-state index in [9.17, 15) is 4.79 Å². The molecule has 1 aromatic rings. The molecule has 2 saturated carbocycles. The average Bonchev–Trinajstić information content (AvgIpc) is 3.31. The van der Waals surface area contributed by atoms with Crippen molar-refractivity contribution in [3.8, 4) is 5.75 Å². The molecule has 1 aliphatic heterocycles. The van der Waals surface area contributed by atoms with Crippen LogP contribution in [0.5, 0.6) is 5.75 Å². The van der Waals surface area contributed by atoms with E-state index in [4.69, 9.17) is 4.74 Å². The van der Waals surface area contributed by atoms with Gasteiger partial charge in [0.1, 0.15) is 12.4 Å². The standard InChI is InChI=1S/C31H41NO2.C2H6/c1-31-15-5-6-29(31)27-13-9-23-20-24(33)10-14-26(23)30(27)28(21-31)22-7-11-25(12-8-22)34-19-18-32-16-3-2-4-17-32;1-2/h7-8,11-12,20,27-29H,2-6,9-10,13-19,21H2,1H3;1-2H3. The third-order valence-electron chi connectivity index (χ3n) is 9.91. The highest BCUT2D eigenvalue weighted by Crippen LogP contribution is 2.63. The third kappa shape index (κ3) is 5.10. The number of hydrogen-bond acceptors (Lipinski definition) is 3. The fraction of sp³-hybridized carbons (Fsp3) is 0.667. The van der Waals surface area contributed by atoms with Crippen molar-refractivity contribution in [2.75, 3.05) is 26.2 Å². The Labute approximate surface area is 219 Å². The highest BCUT2D eigenvalue weighted by atomic mass is 16.5. The van der Waals surface area contributed by atoms with Crippen LogP contribution in [0, 0.1) is 17.3 Å². The zero-order chi connectivity index (χ0) is 25.1. The van der Waals surface area contributed by atoms with E-state index in [0.29, 0.717) is 29.5 Å². The number of nitrogens with zero attached hydrogens (tertiary/aromatic N) is 1. The van der Waals surface area contributed by atoms with Crippen LogP contribution in [0.1, 0.15) is 103 Å². The van der Waals surface area contributed by atoms with Gasteiger partial charge in [-0.3, -0.25) is 9.69 Å². The largest absolute Gasteiger partial charge is 0.492 e. The lowest BCUT2D eigenvalue weighted by Crippen LogP contribution is -2.40. The summed E-state index contributed by atoms with van der Waals surface area (Å²) in [5.41, 5.74) is 6.58. The SMILES string of the molecule is CC.CC12CCCC1C1CCC3=CC(=O)CCC3=C1C(c1ccc(OCCN3CCCCC3)cc1)C2. The number of fused-ring (bicyclic) bond motifs is 4. The van der Waals surface area contributed by atoms with E-state index in [2.05, 4.69) is 36.1 Å². The van der Waals surface area contributed by atoms with E-state index in [-0.39, 0.29) is 0 Å². The first-order valence-corrected chi connectivity index (χ1v) is 15.0. The van der Waals surface area contributed by atoms with Gasteiger partial charge in [0.25, 0.3) is 0 Å². The molecule has 1 heterocycles. The van der Waals surface area contributed by atoms with Crippen LogP contribution in [-0.4, -0.2) is 36.9 Å². The molecule has 0 aromatic heterocycles. The number of rotatable bonds is 5. The summed E-state index contributed by atoms with van der Waals surface area (Å²) in [5.74, 6) is 3.39. The molecule has 6 rings (SSSR count). The van der Waals surface area contributed by atoms with E-state index in [0.717, 1.165) is 37.7 Å². The Morgan fingerprint density at radius 1 is 0.972 bits per heavy atom. The maximum atomic E-state index is 12.2. The van der Waals surface area contributed by atoms with Gasteiger partial charge in [0.15, 0.2) is 5.78 Å². The highest BCUT2D eigenvalue weighted by Gasteiger charge is 2.52. The number of carbonyl (C=O) groups is 1. The molecule has 3 fully saturated rings. The van der Waals surface area contributed by atoms with Crippen molar-refractivity contribution in [1.29, 1.82) is 0 Å². The molecule has 4 atom stereocenters. The number of carbonyl (C=O) groups excluding carboxylic acids is 1. The smallest absolute Gasteiger partial charge is 0.156 e. The minimum absolute atomic E-state index is 0.335. The summed E-state index contributed by atoms with van der Waals surface area (Å²) in [6.45, 7) is 10.8. The number of allylic oxidation sites excluding steroid dienone is 4. The van der Waals surface area contributed by atoms with Crippen LogP contribution < -0.4 is 4.74 Å². The van der Waals surface area contributed by atoms with E-state index >= 15 is 0 Å². The molecular weight excluding hydrogens is 442 g/mol. The Morgan fingerprint density at radius 2 is 1.75 bits per heavy atom. The van der Waals surface area contributed by atoms with Gasteiger partial charge in [0, 0.05) is 18.9 Å². The van der Waals surface area contributed by atoms with Gasteiger partial charge >= 0.3 is 0 Å². The minimum atomic E-state index is 0.335. The summed E-state index contributed by atoms with van der Waals surface area (Å²) < 4.78 is 6.14. The summed E-state index contributed by atoms with van der Waals surface area (Å²) in [6.07, 6.45) is 15.5. The number of piperidine rings is 1. The normalized spacial score (nSPS) is 32.0. The van der Waals surface area contributed by atoms with E-state index in [1.807, 2.05) is 19.9 Å². The summed E-state index contributed by atoms with van der Waals surface area (Å²) in [4.78, 5) is 14.7. The fourth-order valence-corrected chi connectivity index (χ4v) is 8.24. The van der Waals surface area contributed by atoms with E-state index in [1.54, 1.807) is 11.1 Å². The quantitative estimate of drug-likeness (QED) is 0.421. The molecule has 36 heavy (non-hydrogen) atoms. The second kappa shape index (κ2) is 11.3. The predicted octanol–water partition coefficient (Wildman–Crippen LogP) is 7.87. The first-order valence-electron chi connectivity index (χ1n) is 15.0. The molecule has 0 radical (unpaired) electrons. The Morgan fingerprint density at radius 3 is 2.53 bits per heavy atom.